The van der Waals surface area contributed by atoms with Crippen molar-refractivity contribution in [1.29, 1.82) is 0 Å². The van der Waals surface area contributed by atoms with Gasteiger partial charge >= 0.3 is 5.97 Å². The van der Waals surface area contributed by atoms with Crippen LogP contribution in [0.1, 0.15) is 47.1 Å². The quantitative estimate of drug-likeness (QED) is 0.487. The maximum absolute atomic E-state index is 12.5. The molecule has 1 aromatic rings. The lowest BCUT2D eigenvalue weighted by molar-refractivity contribution is -0.143. The highest BCUT2D eigenvalue weighted by Crippen LogP contribution is 2.29. The lowest BCUT2D eigenvalue weighted by Crippen LogP contribution is -2.18. The normalized spacial score (nSPS) is 25.6. The summed E-state index contributed by atoms with van der Waals surface area (Å²) in [4.78, 5) is 24.5. The molecule has 2 unspecified atom stereocenters. The fraction of sp³-hybridized carbons (Fsp3) is 0.667. The molecule has 0 aromatic carbocycles. The Balaban J connectivity index is 1.60. The summed E-state index contributed by atoms with van der Waals surface area (Å²) < 4.78 is 53.4. The zero-order valence-electron chi connectivity index (χ0n) is 16.0. The van der Waals surface area contributed by atoms with Crippen LogP contribution in [0.3, 0.4) is 0 Å². The second-order valence-electron chi connectivity index (χ2n) is 7.77. The number of Topliss-reactive ketones (excluding diaryl/α,β-unsaturated/α-hetero) is 1. The van der Waals surface area contributed by atoms with E-state index in [9.17, 15) is 26.4 Å². The Labute approximate surface area is 165 Å². The molecule has 0 N–H and O–H groups in total. The molecular weight excluding hydrogens is 406 g/mol. The molecule has 0 saturated carbocycles. The number of ketones is 1. The standard InChI is InChI=1S/C18H25NO7S2/c1-12-7-16(13(2)19(12)15-4-6-28(24,25)11-15)17(20)9-26-18(21)8-14-3-5-27(22,23)10-14/h7,14-15H,3-6,8-11H2,1-2H3. The minimum Gasteiger partial charge on any atom is -0.457 e. The Bertz CT molecular complexity index is 1000. The van der Waals surface area contributed by atoms with E-state index in [-0.39, 0.29) is 47.2 Å². The van der Waals surface area contributed by atoms with Crippen LogP contribution in [-0.4, -0.2) is 62.8 Å². The minimum absolute atomic E-state index is 0.00847. The van der Waals surface area contributed by atoms with Crippen molar-refractivity contribution in [3.05, 3.63) is 23.0 Å². The average Bonchev–Trinajstić information content (AvgIpc) is 3.20. The van der Waals surface area contributed by atoms with Crippen LogP contribution in [-0.2, 0) is 29.2 Å². The number of rotatable bonds is 6. The molecule has 8 nitrogen and oxygen atoms in total. The minimum atomic E-state index is -3.06. The molecule has 10 heteroatoms. The third-order valence-corrected chi connectivity index (χ3v) is 9.09. The van der Waals surface area contributed by atoms with Crippen LogP contribution in [0.4, 0.5) is 0 Å². The first-order valence-corrected chi connectivity index (χ1v) is 12.9. The number of hydrogen-bond acceptors (Lipinski definition) is 7. The summed E-state index contributed by atoms with van der Waals surface area (Å²) >= 11 is 0. The molecule has 2 aliphatic rings. The fourth-order valence-corrected chi connectivity index (χ4v) is 7.71. The van der Waals surface area contributed by atoms with Gasteiger partial charge in [-0.05, 0) is 38.7 Å². The van der Waals surface area contributed by atoms with Crippen molar-refractivity contribution in [2.24, 2.45) is 5.92 Å². The highest BCUT2D eigenvalue weighted by Gasteiger charge is 2.32. The summed E-state index contributed by atoms with van der Waals surface area (Å²) in [6.45, 7) is 3.17. The summed E-state index contributed by atoms with van der Waals surface area (Å²) in [7, 11) is -6.11. The number of esters is 1. The van der Waals surface area contributed by atoms with Gasteiger partial charge in [-0.15, -0.1) is 0 Å². The third kappa shape index (κ3) is 4.65. The summed E-state index contributed by atoms with van der Waals surface area (Å²) in [5, 5.41) is 0. The molecule has 1 aromatic heterocycles. The Morgan fingerprint density at radius 1 is 1.07 bits per heavy atom. The number of carbonyl (C=O) groups is 2. The summed E-state index contributed by atoms with van der Waals surface area (Å²) in [5.41, 5.74) is 1.88. The van der Waals surface area contributed by atoms with Crippen LogP contribution in [0.2, 0.25) is 0 Å². The van der Waals surface area contributed by atoms with Crippen LogP contribution >= 0.6 is 0 Å². The molecule has 2 saturated heterocycles. The van der Waals surface area contributed by atoms with Crippen LogP contribution in [0.5, 0.6) is 0 Å². The van der Waals surface area contributed by atoms with E-state index in [1.165, 1.54) is 0 Å². The predicted octanol–water partition coefficient (Wildman–Crippen LogP) is 1.02. The van der Waals surface area contributed by atoms with Crippen molar-refractivity contribution in [3.63, 3.8) is 0 Å². The van der Waals surface area contributed by atoms with Crippen molar-refractivity contribution in [1.82, 2.24) is 4.57 Å². The van der Waals surface area contributed by atoms with Gasteiger partial charge in [0.2, 0.25) is 5.78 Å². The number of sulfone groups is 2. The molecule has 0 amide bonds. The van der Waals surface area contributed by atoms with Gasteiger partial charge in [-0.1, -0.05) is 0 Å². The molecule has 0 bridgehead atoms. The lowest BCUT2D eigenvalue weighted by atomic mass is 10.1. The fourth-order valence-electron chi connectivity index (χ4n) is 4.15. The number of carbonyl (C=O) groups excluding carboxylic acids is 2. The topological polar surface area (TPSA) is 117 Å². The van der Waals surface area contributed by atoms with Crippen LogP contribution in [0, 0.1) is 19.8 Å². The smallest absolute Gasteiger partial charge is 0.306 e. The molecule has 0 spiro atoms. The number of hydrogen-bond donors (Lipinski definition) is 0. The van der Waals surface area contributed by atoms with Gasteiger partial charge in [0.25, 0.3) is 0 Å². The second kappa shape index (κ2) is 7.62. The summed E-state index contributed by atoms with van der Waals surface area (Å²) in [5.74, 6) is -0.891. The molecule has 28 heavy (non-hydrogen) atoms. The SMILES string of the molecule is Cc1cc(C(=O)COC(=O)CC2CCS(=O)(=O)C2)c(C)n1C1CCS(=O)(=O)C1. The van der Waals surface area contributed by atoms with Gasteiger partial charge in [-0.25, -0.2) is 16.8 Å². The first-order valence-electron chi connectivity index (χ1n) is 9.25. The number of nitrogens with zero attached hydrogens (tertiary/aromatic N) is 1. The monoisotopic (exact) mass is 431 g/mol. The van der Waals surface area contributed by atoms with E-state index in [0.717, 1.165) is 5.69 Å². The molecule has 156 valence electrons. The number of aromatic nitrogens is 1. The molecule has 2 atom stereocenters. The van der Waals surface area contributed by atoms with E-state index in [4.69, 9.17) is 4.74 Å². The highest BCUT2D eigenvalue weighted by atomic mass is 32.2. The highest BCUT2D eigenvalue weighted by molar-refractivity contribution is 7.91. The van der Waals surface area contributed by atoms with Crippen molar-refractivity contribution in [3.8, 4) is 0 Å². The van der Waals surface area contributed by atoms with E-state index < -0.39 is 32.3 Å². The van der Waals surface area contributed by atoms with Gasteiger partial charge in [-0.2, -0.15) is 0 Å². The summed E-state index contributed by atoms with van der Waals surface area (Å²) in [6.07, 6.45) is 0.952. The Hall–Kier alpha value is -1.68. The number of aryl methyl sites for hydroxylation is 1. The third-order valence-electron chi connectivity index (χ3n) is 5.50. The van der Waals surface area contributed by atoms with E-state index in [0.29, 0.717) is 24.1 Å². The van der Waals surface area contributed by atoms with Crippen molar-refractivity contribution in [2.75, 3.05) is 29.6 Å². The van der Waals surface area contributed by atoms with E-state index >= 15 is 0 Å². The average molecular weight is 432 g/mol. The molecule has 3 rings (SSSR count). The second-order valence-corrected chi connectivity index (χ2v) is 12.2. The molecule has 2 aliphatic heterocycles. The molecule has 3 heterocycles. The maximum atomic E-state index is 12.5. The predicted molar refractivity (Wildman–Crippen MR) is 103 cm³/mol. The van der Waals surface area contributed by atoms with Crippen molar-refractivity contribution >= 4 is 31.4 Å². The van der Waals surface area contributed by atoms with E-state index in [1.54, 1.807) is 13.0 Å². The molecule has 0 aliphatic carbocycles. The number of ether oxygens (including phenoxy) is 1. The van der Waals surface area contributed by atoms with E-state index in [1.807, 2.05) is 11.5 Å². The Morgan fingerprint density at radius 3 is 2.29 bits per heavy atom. The lowest BCUT2D eigenvalue weighted by Gasteiger charge is -2.16. The van der Waals surface area contributed by atoms with E-state index in [2.05, 4.69) is 0 Å². The first-order chi connectivity index (χ1) is 13.0. The van der Waals surface area contributed by atoms with Crippen LogP contribution in [0.15, 0.2) is 6.07 Å². The van der Waals surface area contributed by atoms with Crippen molar-refractivity contribution in [2.45, 2.75) is 39.2 Å². The molecular formula is C18H25NO7S2. The molecule has 0 radical (unpaired) electrons. The van der Waals surface area contributed by atoms with Gasteiger partial charge in [0.1, 0.15) is 0 Å². The van der Waals surface area contributed by atoms with Gasteiger partial charge < -0.3 is 9.30 Å². The Morgan fingerprint density at radius 2 is 1.71 bits per heavy atom. The zero-order valence-corrected chi connectivity index (χ0v) is 17.6. The summed E-state index contributed by atoms with van der Waals surface area (Å²) in [6, 6.07) is 1.51. The van der Waals surface area contributed by atoms with Gasteiger partial charge in [0, 0.05) is 29.4 Å². The van der Waals surface area contributed by atoms with Crippen LogP contribution in [0.25, 0.3) is 0 Å². The maximum Gasteiger partial charge on any atom is 0.306 e. The van der Waals surface area contributed by atoms with Gasteiger partial charge in [0.15, 0.2) is 26.3 Å². The van der Waals surface area contributed by atoms with Gasteiger partial charge in [0.05, 0.1) is 23.0 Å². The zero-order chi connectivity index (χ0) is 20.7. The molecule has 2 fully saturated rings. The van der Waals surface area contributed by atoms with Crippen molar-refractivity contribution < 1.29 is 31.2 Å². The Kier molecular flexibility index (Phi) is 5.73. The largest absolute Gasteiger partial charge is 0.457 e. The van der Waals surface area contributed by atoms with Crippen LogP contribution < -0.4 is 0 Å². The van der Waals surface area contributed by atoms with Gasteiger partial charge in [-0.3, -0.25) is 9.59 Å². The first kappa shape index (κ1) is 21.0.